The van der Waals surface area contributed by atoms with E-state index >= 15 is 0 Å². The number of hydrogen-bond donors (Lipinski definition) is 2. The highest BCUT2D eigenvalue weighted by atomic mass is 19.4. The van der Waals surface area contributed by atoms with Crippen LogP contribution in [0, 0.1) is 5.92 Å². The van der Waals surface area contributed by atoms with Gasteiger partial charge in [0.15, 0.2) is 5.84 Å². The van der Waals surface area contributed by atoms with Crippen molar-refractivity contribution < 1.29 is 18.4 Å². The number of halogens is 3. The molecule has 0 radical (unpaired) electrons. The fourth-order valence-corrected chi connectivity index (χ4v) is 3.08. The Balaban J connectivity index is 1.92. The molecule has 5 nitrogen and oxygen atoms in total. The van der Waals surface area contributed by atoms with Crippen LogP contribution in [0.25, 0.3) is 0 Å². The average Bonchev–Trinajstić information content (AvgIpc) is 3.04. The number of oxime groups is 1. The lowest BCUT2D eigenvalue weighted by Gasteiger charge is -2.26. The van der Waals surface area contributed by atoms with Crippen LogP contribution >= 0.6 is 0 Å². The molecule has 2 rings (SSSR count). The van der Waals surface area contributed by atoms with Crippen LogP contribution in [0.5, 0.6) is 0 Å². The van der Waals surface area contributed by atoms with Crippen molar-refractivity contribution in [2.24, 2.45) is 16.8 Å². The van der Waals surface area contributed by atoms with Gasteiger partial charge in [-0.05, 0) is 38.9 Å². The van der Waals surface area contributed by atoms with Crippen molar-refractivity contribution in [1.82, 2.24) is 9.80 Å². The Labute approximate surface area is 116 Å². The molecule has 0 aliphatic carbocycles. The zero-order valence-electron chi connectivity index (χ0n) is 11.3. The van der Waals surface area contributed by atoms with E-state index in [4.69, 9.17) is 10.9 Å². The highest BCUT2D eigenvalue weighted by Crippen LogP contribution is 2.29. The van der Waals surface area contributed by atoms with Gasteiger partial charge in [-0.3, -0.25) is 4.90 Å². The first-order chi connectivity index (χ1) is 9.41. The first-order valence-corrected chi connectivity index (χ1v) is 6.92. The van der Waals surface area contributed by atoms with Crippen LogP contribution in [-0.2, 0) is 0 Å². The molecular formula is C12H21F3N4O. The minimum atomic E-state index is -4.48. The largest absolute Gasteiger partial charge is 0.409 e. The van der Waals surface area contributed by atoms with Gasteiger partial charge in [0.25, 0.3) is 0 Å². The van der Waals surface area contributed by atoms with E-state index in [0.717, 1.165) is 19.5 Å². The molecule has 2 aliphatic rings. The Hall–Kier alpha value is -1.02. The predicted octanol–water partition coefficient (Wildman–Crippen LogP) is 1.08. The van der Waals surface area contributed by atoms with Gasteiger partial charge in [-0.2, -0.15) is 13.2 Å². The number of alkyl halides is 3. The summed E-state index contributed by atoms with van der Waals surface area (Å²) in [6.45, 7) is 3.12. The quantitative estimate of drug-likeness (QED) is 0.352. The van der Waals surface area contributed by atoms with Gasteiger partial charge >= 0.3 is 6.18 Å². The summed E-state index contributed by atoms with van der Waals surface area (Å²) < 4.78 is 38.7. The van der Waals surface area contributed by atoms with Gasteiger partial charge in [0.2, 0.25) is 0 Å². The number of rotatable bonds is 4. The topological polar surface area (TPSA) is 65.1 Å². The Kier molecular flexibility index (Phi) is 4.74. The summed E-state index contributed by atoms with van der Waals surface area (Å²) >= 11 is 0. The van der Waals surface area contributed by atoms with Crippen LogP contribution < -0.4 is 5.73 Å². The maximum absolute atomic E-state index is 12.9. The van der Waals surface area contributed by atoms with E-state index in [-0.39, 0.29) is 6.54 Å². The molecule has 116 valence electrons. The van der Waals surface area contributed by atoms with E-state index in [2.05, 4.69) is 10.1 Å². The maximum atomic E-state index is 12.9. The van der Waals surface area contributed by atoms with Crippen LogP contribution in [0.2, 0.25) is 0 Å². The molecular weight excluding hydrogens is 273 g/mol. The van der Waals surface area contributed by atoms with Gasteiger partial charge in [-0.25, -0.2) is 0 Å². The molecule has 0 bridgehead atoms. The fraction of sp³-hybridized carbons (Fsp3) is 0.917. The number of amidine groups is 1. The Bertz CT molecular complexity index is 355. The third-order valence-electron chi connectivity index (χ3n) is 4.21. The maximum Gasteiger partial charge on any atom is 0.400 e. The lowest BCUT2D eigenvalue weighted by Crippen LogP contribution is -2.44. The highest BCUT2D eigenvalue weighted by molar-refractivity contribution is 5.83. The van der Waals surface area contributed by atoms with Crippen LogP contribution in [0.4, 0.5) is 13.2 Å². The first kappa shape index (κ1) is 15.4. The van der Waals surface area contributed by atoms with E-state index in [1.54, 1.807) is 4.90 Å². The third kappa shape index (κ3) is 3.54. The third-order valence-corrected chi connectivity index (χ3v) is 4.21. The molecule has 2 fully saturated rings. The van der Waals surface area contributed by atoms with Crippen LogP contribution in [0.3, 0.4) is 0 Å². The standard InChI is InChI=1S/C12H21F3N4O/c13-12(14,15)10(11(16)17-20)8-18-6-3-9(7-18)19-4-1-2-5-19/h9-10,20H,1-8H2,(H2,16,17). The van der Waals surface area contributed by atoms with Crippen LogP contribution in [0.15, 0.2) is 5.16 Å². The first-order valence-electron chi connectivity index (χ1n) is 6.92. The molecule has 20 heavy (non-hydrogen) atoms. The second-order valence-corrected chi connectivity index (χ2v) is 5.56. The van der Waals surface area contributed by atoms with E-state index in [0.29, 0.717) is 19.1 Å². The van der Waals surface area contributed by atoms with Crippen molar-refractivity contribution in [2.45, 2.75) is 31.5 Å². The summed E-state index contributed by atoms with van der Waals surface area (Å²) in [5.41, 5.74) is 5.18. The summed E-state index contributed by atoms with van der Waals surface area (Å²) in [6.07, 6.45) is -1.25. The second-order valence-electron chi connectivity index (χ2n) is 5.56. The van der Waals surface area contributed by atoms with E-state index < -0.39 is 17.9 Å². The van der Waals surface area contributed by atoms with Gasteiger partial charge in [0.1, 0.15) is 5.92 Å². The predicted molar refractivity (Wildman–Crippen MR) is 68.6 cm³/mol. The van der Waals surface area contributed by atoms with Crippen LogP contribution in [-0.4, -0.2) is 65.8 Å². The van der Waals surface area contributed by atoms with Crippen molar-refractivity contribution in [3.63, 3.8) is 0 Å². The minimum absolute atomic E-state index is 0.232. The normalized spacial score (nSPS) is 28.1. The van der Waals surface area contributed by atoms with E-state index in [1.807, 2.05) is 0 Å². The molecule has 8 heteroatoms. The van der Waals surface area contributed by atoms with Crippen molar-refractivity contribution in [3.05, 3.63) is 0 Å². The van der Waals surface area contributed by atoms with Gasteiger partial charge in [-0.15, -0.1) is 0 Å². The van der Waals surface area contributed by atoms with Crippen LogP contribution in [0.1, 0.15) is 19.3 Å². The molecule has 2 heterocycles. The molecule has 3 N–H and O–H groups in total. The van der Waals surface area contributed by atoms with Gasteiger partial charge in [0.05, 0.1) is 0 Å². The lowest BCUT2D eigenvalue weighted by molar-refractivity contribution is -0.159. The van der Waals surface area contributed by atoms with Crippen molar-refractivity contribution in [1.29, 1.82) is 0 Å². The Morgan fingerprint density at radius 1 is 1.30 bits per heavy atom. The average molecular weight is 294 g/mol. The summed E-state index contributed by atoms with van der Waals surface area (Å²) in [4.78, 5) is 4.12. The molecule has 2 atom stereocenters. The smallest absolute Gasteiger partial charge is 0.400 e. The molecule has 2 unspecified atom stereocenters. The second kappa shape index (κ2) is 6.17. The highest BCUT2D eigenvalue weighted by Gasteiger charge is 2.44. The molecule has 0 spiro atoms. The lowest BCUT2D eigenvalue weighted by atomic mass is 10.1. The summed E-state index contributed by atoms with van der Waals surface area (Å²) in [6, 6.07) is 0.346. The Morgan fingerprint density at radius 3 is 2.50 bits per heavy atom. The monoisotopic (exact) mass is 294 g/mol. The molecule has 0 saturated carbocycles. The Morgan fingerprint density at radius 2 is 1.95 bits per heavy atom. The molecule has 0 aromatic rings. The molecule has 2 saturated heterocycles. The molecule has 0 aromatic carbocycles. The van der Waals surface area contributed by atoms with Gasteiger partial charge in [0, 0.05) is 19.1 Å². The van der Waals surface area contributed by atoms with E-state index in [1.165, 1.54) is 12.8 Å². The summed E-state index contributed by atoms with van der Waals surface area (Å²) in [5.74, 6) is -2.66. The minimum Gasteiger partial charge on any atom is -0.409 e. The van der Waals surface area contributed by atoms with Crippen molar-refractivity contribution >= 4 is 5.84 Å². The zero-order valence-corrected chi connectivity index (χ0v) is 11.3. The van der Waals surface area contributed by atoms with Gasteiger partial charge < -0.3 is 15.8 Å². The number of hydrogen-bond acceptors (Lipinski definition) is 4. The summed E-state index contributed by atoms with van der Waals surface area (Å²) in [5, 5.41) is 11.0. The zero-order chi connectivity index (χ0) is 14.8. The molecule has 0 amide bonds. The SMILES string of the molecule is NC(=NO)C(CN1CCC(N2CCCC2)C1)C(F)(F)F. The summed E-state index contributed by atoms with van der Waals surface area (Å²) in [7, 11) is 0. The van der Waals surface area contributed by atoms with E-state index in [9.17, 15) is 13.2 Å². The fourth-order valence-electron chi connectivity index (χ4n) is 3.08. The van der Waals surface area contributed by atoms with Crippen molar-refractivity contribution in [3.8, 4) is 0 Å². The number of nitrogens with zero attached hydrogens (tertiary/aromatic N) is 3. The molecule has 2 aliphatic heterocycles. The number of nitrogens with two attached hydrogens (primary N) is 1. The van der Waals surface area contributed by atoms with Gasteiger partial charge in [-0.1, -0.05) is 5.16 Å². The molecule has 0 aromatic heterocycles. The number of likely N-dealkylation sites (tertiary alicyclic amines) is 2. The van der Waals surface area contributed by atoms with Crippen molar-refractivity contribution in [2.75, 3.05) is 32.7 Å².